The molecule has 1 fully saturated rings. The van der Waals surface area contributed by atoms with Crippen molar-refractivity contribution in [3.63, 3.8) is 0 Å². The van der Waals surface area contributed by atoms with Gasteiger partial charge in [0.25, 0.3) is 5.91 Å². The molecule has 2 aromatic rings. The maximum Gasteiger partial charge on any atom is 0.338 e. The molecule has 1 atom stereocenters. The lowest BCUT2D eigenvalue weighted by Gasteiger charge is -2.15. The minimum Gasteiger partial charge on any atom is -0.452 e. The fourth-order valence-corrected chi connectivity index (χ4v) is 3.47. The summed E-state index contributed by atoms with van der Waals surface area (Å²) in [6.07, 6.45) is 3.19. The molecule has 1 N–H and O–H groups in total. The second-order valence-electron chi connectivity index (χ2n) is 7.68. The molecule has 0 saturated carbocycles. The highest BCUT2D eigenvalue weighted by molar-refractivity contribution is 5.91. The van der Waals surface area contributed by atoms with Crippen LogP contribution in [0.1, 0.15) is 47.7 Å². The van der Waals surface area contributed by atoms with Gasteiger partial charge in [-0.1, -0.05) is 42.5 Å². The lowest BCUT2D eigenvalue weighted by Crippen LogP contribution is -2.36. The van der Waals surface area contributed by atoms with Gasteiger partial charge in [-0.3, -0.25) is 9.59 Å². The minimum atomic E-state index is -0.536. The van der Waals surface area contributed by atoms with Crippen LogP contribution >= 0.6 is 0 Å². The molecule has 1 saturated heterocycles. The van der Waals surface area contributed by atoms with Crippen LogP contribution in [0.4, 0.5) is 0 Å². The van der Waals surface area contributed by atoms with Crippen LogP contribution in [0.15, 0.2) is 54.6 Å². The second-order valence-corrected chi connectivity index (χ2v) is 7.68. The molecule has 0 spiro atoms. The molecule has 1 heterocycles. The van der Waals surface area contributed by atoms with E-state index in [4.69, 9.17) is 4.74 Å². The van der Waals surface area contributed by atoms with Crippen LogP contribution in [0.5, 0.6) is 0 Å². The Balaban J connectivity index is 1.38. The molecule has 2 aromatic carbocycles. The highest BCUT2D eigenvalue weighted by Crippen LogP contribution is 2.15. The first kappa shape index (κ1) is 21.6. The van der Waals surface area contributed by atoms with Crippen molar-refractivity contribution < 1.29 is 19.1 Å². The average molecular weight is 408 g/mol. The summed E-state index contributed by atoms with van der Waals surface area (Å²) in [4.78, 5) is 37.8. The van der Waals surface area contributed by atoms with Gasteiger partial charge in [-0.15, -0.1) is 0 Å². The molecule has 1 aliphatic heterocycles. The van der Waals surface area contributed by atoms with Crippen LogP contribution in [0.25, 0.3) is 0 Å². The summed E-state index contributed by atoms with van der Waals surface area (Å²) < 4.78 is 5.13. The Bertz CT molecular complexity index is 865. The predicted molar refractivity (Wildman–Crippen MR) is 114 cm³/mol. The Kier molecular flexibility index (Phi) is 7.60. The van der Waals surface area contributed by atoms with Crippen LogP contribution in [-0.4, -0.2) is 41.9 Å². The van der Waals surface area contributed by atoms with Gasteiger partial charge >= 0.3 is 5.97 Å². The summed E-state index contributed by atoms with van der Waals surface area (Å²) in [6, 6.07) is 17.0. The van der Waals surface area contributed by atoms with Crippen molar-refractivity contribution in [1.82, 2.24) is 10.2 Å². The Morgan fingerprint density at radius 3 is 2.47 bits per heavy atom. The first-order valence-electron chi connectivity index (χ1n) is 10.4. The van der Waals surface area contributed by atoms with Crippen molar-refractivity contribution in [2.75, 3.05) is 13.2 Å². The molecule has 6 nitrogen and oxygen atoms in total. The number of benzene rings is 2. The number of aryl methyl sites for hydroxylation is 1. The maximum absolute atomic E-state index is 12.2. The van der Waals surface area contributed by atoms with Gasteiger partial charge in [-0.25, -0.2) is 4.79 Å². The van der Waals surface area contributed by atoms with E-state index in [1.54, 1.807) is 12.1 Å². The van der Waals surface area contributed by atoms with E-state index >= 15 is 0 Å². The van der Waals surface area contributed by atoms with E-state index in [1.165, 1.54) is 5.56 Å². The van der Waals surface area contributed by atoms with Crippen molar-refractivity contribution in [1.29, 1.82) is 0 Å². The van der Waals surface area contributed by atoms with E-state index in [1.807, 2.05) is 42.2 Å². The van der Waals surface area contributed by atoms with Gasteiger partial charge in [-0.05, 0) is 49.4 Å². The number of carbonyl (C=O) groups excluding carboxylic acids is 3. The molecule has 2 amide bonds. The van der Waals surface area contributed by atoms with E-state index in [0.29, 0.717) is 18.5 Å². The van der Waals surface area contributed by atoms with E-state index in [-0.39, 0.29) is 24.5 Å². The number of esters is 1. The van der Waals surface area contributed by atoms with Crippen molar-refractivity contribution in [3.8, 4) is 0 Å². The van der Waals surface area contributed by atoms with Gasteiger partial charge in [0.1, 0.15) is 0 Å². The summed E-state index contributed by atoms with van der Waals surface area (Å²) in [7, 11) is 0. The third-order valence-corrected chi connectivity index (χ3v) is 5.19. The second kappa shape index (κ2) is 10.6. The molecule has 0 aromatic heterocycles. The monoisotopic (exact) mass is 408 g/mol. The van der Waals surface area contributed by atoms with E-state index in [9.17, 15) is 14.4 Å². The van der Waals surface area contributed by atoms with E-state index < -0.39 is 5.97 Å². The Labute approximate surface area is 177 Å². The Hall–Kier alpha value is -3.15. The zero-order valence-corrected chi connectivity index (χ0v) is 17.3. The molecular weight excluding hydrogens is 380 g/mol. The molecule has 1 aliphatic rings. The lowest BCUT2D eigenvalue weighted by molar-refractivity contribution is -0.128. The fraction of sp³-hybridized carbons (Fsp3) is 0.375. The van der Waals surface area contributed by atoms with Crippen LogP contribution in [0, 0.1) is 0 Å². The number of nitrogens with zero attached hydrogens (tertiary/aromatic N) is 1. The minimum absolute atomic E-state index is 0.0102. The molecule has 0 bridgehead atoms. The number of amides is 2. The number of hydrogen-bond donors (Lipinski definition) is 1. The molecule has 0 aliphatic carbocycles. The summed E-state index contributed by atoms with van der Waals surface area (Å²) in [5, 5.41) is 2.86. The molecule has 0 unspecified atom stereocenters. The quantitative estimate of drug-likeness (QED) is 0.647. The van der Waals surface area contributed by atoms with Gasteiger partial charge < -0.3 is 15.0 Å². The standard InChI is InChI=1S/C24H28N2O4/c1-18(9-10-19-6-3-2-4-7-19)25-22(27)17-30-24(29)21-13-11-20(12-14-21)16-26-15-5-8-23(26)28/h2-4,6-7,11-14,18H,5,8-10,15-17H2,1H3,(H,25,27)/t18-/m0/s1. The number of hydrogen-bond acceptors (Lipinski definition) is 4. The van der Waals surface area contributed by atoms with Gasteiger partial charge in [0, 0.05) is 25.6 Å². The van der Waals surface area contributed by atoms with Crippen molar-refractivity contribution >= 4 is 17.8 Å². The fourth-order valence-electron chi connectivity index (χ4n) is 3.47. The zero-order valence-electron chi connectivity index (χ0n) is 17.3. The molecule has 158 valence electrons. The SMILES string of the molecule is C[C@@H](CCc1ccccc1)NC(=O)COC(=O)c1ccc(CN2CCCC2=O)cc1. The van der Waals surface area contributed by atoms with E-state index in [2.05, 4.69) is 17.4 Å². The Morgan fingerprint density at radius 2 is 1.80 bits per heavy atom. The number of rotatable bonds is 9. The van der Waals surface area contributed by atoms with Crippen LogP contribution in [0.3, 0.4) is 0 Å². The summed E-state index contributed by atoms with van der Waals surface area (Å²) >= 11 is 0. The summed E-state index contributed by atoms with van der Waals surface area (Å²) in [5.41, 5.74) is 2.57. The Morgan fingerprint density at radius 1 is 1.07 bits per heavy atom. The lowest BCUT2D eigenvalue weighted by atomic mass is 10.1. The zero-order chi connectivity index (χ0) is 21.3. The highest BCUT2D eigenvalue weighted by atomic mass is 16.5. The first-order valence-corrected chi connectivity index (χ1v) is 10.4. The van der Waals surface area contributed by atoms with E-state index in [0.717, 1.165) is 31.4 Å². The third kappa shape index (κ3) is 6.44. The summed E-state index contributed by atoms with van der Waals surface area (Å²) in [6.45, 7) is 2.96. The van der Waals surface area contributed by atoms with Gasteiger partial charge in [-0.2, -0.15) is 0 Å². The van der Waals surface area contributed by atoms with Crippen molar-refractivity contribution in [2.45, 2.75) is 45.2 Å². The average Bonchev–Trinajstić information content (AvgIpc) is 3.16. The normalized spacial score (nSPS) is 14.4. The smallest absolute Gasteiger partial charge is 0.338 e. The maximum atomic E-state index is 12.2. The number of likely N-dealkylation sites (tertiary alicyclic amines) is 1. The third-order valence-electron chi connectivity index (χ3n) is 5.19. The topological polar surface area (TPSA) is 75.7 Å². The van der Waals surface area contributed by atoms with Crippen molar-refractivity contribution in [2.24, 2.45) is 0 Å². The van der Waals surface area contributed by atoms with Crippen LogP contribution in [-0.2, 0) is 27.3 Å². The van der Waals surface area contributed by atoms with Crippen LogP contribution in [0.2, 0.25) is 0 Å². The number of carbonyl (C=O) groups is 3. The molecule has 6 heteroatoms. The number of ether oxygens (including phenoxy) is 1. The van der Waals surface area contributed by atoms with Gasteiger partial charge in [0.15, 0.2) is 6.61 Å². The van der Waals surface area contributed by atoms with Crippen LogP contribution < -0.4 is 5.32 Å². The first-order chi connectivity index (χ1) is 14.5. The molecule has 3 rings (SSSR count). The number of nitrogens with one attached hydrogen (secondary N) is 1. The molecule has 0 radical (unpaired) electrons. The molecular formula is C24H28N2O4. The predicted octanol–water partition coefficient (Wildman–Crippen LogP) is 3.10. The molecule has 30 heavy (non-hydrogen) atoms. The largest absolute Gasteiger partial charge is 0.452 e. The highest BCUT2D eigenvalue weighted by Gasteiger charge is 2.20. The summed E-state index contributed by atoms with van der Waals surface area (Å²) in [5.74, 6) is -0.679. The van der Waals surface area contributed by atoms with Crippen molar-refractivity contribution in [3.05, 3.63) is 71.3 Å². The van der Waals surface area contributed by atoms with Gasteiger partial charge in [0.2, 0.25) is 5.91 Å². The van der Waals surface area contributed by atoms with Gasteiger partial charge in [0.05, 0.1) is 5.56 Å².